The zero-order valence-corrected chi connectivity index (χ0v) is 13.4. The van der Waals surface area contributed by atoms with E-state index < -0.39 is 0 Å². The van der Waals surface area contributed by atoms with E-state index in [0.717, 1.165) is 41.7 Å². The number of imidazole rings is 1. The zero-order valence-electron chi connectivity index (χ0n) is 12.6. The summed E-state index contributed by atoms with van der Waals surface area (Å²) in [5, 5.41) is 3.27. The van der Waals surface area contributed by atoms with Crippen molar-refractivity contribution in [3.05, 3.63) is 35.5 Å². The highest BCUT2D eigenvalue weighted by Gasteiger charge is 2.28. The molecule has 22 heavy (non-hydrogen) atoms. The number of anilines is 1. The van der Waals surface area contributed by atoms with Crippen molar-refractivity contribution in [2.75, 3.05) is 11.4 Å². The second-order valence-electron chi connectivity index (χ2n) is 5.64. The number of aromatic nitrogens is 4. The van der Waals surface area contributed by atoms with Crippen molar-refractivity contribution >= 4 is 27.4 Å². The lowest BCUT2D eigenvalue weighted by Crippen LogP contribution is -2.35. The lowest BCUT2D eigenvalue weighted by Gasteiger charge is -2.36. The predicted molar refractivity (Wildman–Crippen MR) is 89.3 cm³/mol. The Morgan fingerprint density at radius 2 is 2.32 bits per heavy atom. The van der Waals surface area contributed by atoms with E-state index >= 15 is 0 Å². The molecule has 1 aliphatic rings. The van der Waals surface area contributed by atoms with Crippen LogP contribution in [0.4, 0.5) is 5.82 Å². The SMILES string of the molecule is CCc1nc(N2CCCCC2c2ncc[nH]2)c2ccsc2n1. The molecule has 5 nitrogen and oxygen atoms in total. The molecule has 4 rings (SSSR count). The first-order valence-corrected chi connectivity index (χ1v) is 8.75. The van der Waals surface area contributed by atoms with Gasteiger partial charge in [0.1, 0.15) is 22.3 Å². The molecule has 0 bridgehead atoms. The Hall–Kier alpha value is -1.95. The second kappa shape index (κ2) is 5.68. The third-order valence-electron chi connectivity index (χ3n) is 4.28. The third kappa shape index (κ3) is 2.27. The van der Waals surface area contributed by atoms with Gasteiger partial charge < -0.3 is 9.88 Å². The fourth-order valence-corrected chi connectivity index (χ4v) is 3.97. The molecule has 4 heterocycles. The molecule has 0 aliphatic carbocycles. The van der Waals surface area contributed by atoms with E-state index in [0.29, 0.717) is 0 Å². The average molecular weight is 313 g/mol. The van der Waals surface area contributed by atoms with Gasteiger partial charge in [-0.25, -0.2) is 15.0 Å². The van der Waals surface area contributed by atoms with Gasteiger partial charge in [-0.1, -0.05) is 6.92 Å². The maximum atomic E-state index is 4.86. The summed E-state index contributed by atoms with van der Waals surface area (Å²) >= 11 is 1.69. The van der Waals surface area contributed by atoms with Gasteiger partial charge in [0.15, 0.2) is 0 Å². The van der Waals surface area contributed by atoms with Gasteiger partial charge in [0.05, 0.1) is 11.4 Å². The fourth-order valence-electron chi connectivity index (χ4n) is 3.19. The van der Waals surface area contributed by atoms with E-state index in [-0.39, 0.29) is 6.04 Å². The van der Waals surface area contributed by atoms with Gasteiger partial charge in [0.25, 0.3) is 0 Å². The van der Waals surface area contributed by atoms with Crippen LogP contribution in [0.2, 0.25) is 0 Å². The molecule has 0 saturated carbocycles. The minimum atomic E-state index is 0.284. The Morgan fingerprint density at radius 1 is 1.36 bits per heavy atom. The summed E-state index contributed by atoms with van der Waals surface area (Å²) in [6.07, 6.45) is 8.15. The number of hydrogen-bond acceptors (Lipinski definition) is 5. The molecule has 1 N–H and O–H groups in total. The summed E-state index contributed by atoms with van der Waals surface area (Å²) in [7, 11) is 0. The van der Waals surface area contributed by atoms with Crippen molar-refractivity contribution in [3.63, 3.8) is 0 Å². The summed E-state index contributed by atoms with van der Waals surface area (Å²) in [6, 6.07) is 2.43. The monoisotopic (exact) mass is 313 g/mol. The summed E-state index contributed by atoms with van der Waals surface area (Å²) in [4.78, 5) is 20.8. The van der Waals surface area contributed by atoms with Crippen molar-refractivity contribution in [2.24, 2.45) is 0 Å². The van der Waals surface area contributed by atoms with Crippen LogP contribution >= 0.6 is 11.3 Å². The largest absolute Gasteiger partial charge is 0.347 e. The molecule has 114 valence electrons. The van der Waals surface area contributed by atoms with Crippen molar-refractivity contribution < 1.29 is 0 Å². The number of aryl methyl sites for hydroxylation is 1. The minimum Gasteiger partial charge on any atom is -0.347 e. The molecule has 3 aromatic rings. The van der Waals surface area contributed by atoms with Crippen LogP contribution in [-0.2, 0) is 6.42 Å². The Labute approximate surface area is 133 Å². The molecule has 1 atom stereocenters. The van der Waals surface area contributed by atoms with E-state index in [1.807, 2.05) is 12.4 Å². The molecule has 3 aromatic heterocycles. The quantitative estimate of drug-likeness (QED) is 0.801. The maximum Gasteiger partial charge on any atom is 0.141 e. The van der Waals surface area contributed by atoms with Crippen LogP contribution in [0.1, 0.15) is 43.9 Å². The predicted octanol–water partition coefficient (Wildman–Crippen LogP) is 3.71. The Morgan fingerprint density at radius 3 is 3.14 bits per heavy atom. The number of fused-ring (bicyclic) bond motifs is 1. The van der Waals surface area contributed by atoms with Gasteiger partial charge in [-0.2, -0.15) is 0 Å². The van der Waals surface area contributed by atoms with Crippen LogP contribution in [0.15, 0.2) is 23.8 Å². The number of hydrogen-bond donors (Lipinski definition) is 1. The first kappa shape index (κ1) is 13.7. The summed E-state index contributed by atoms with van der Waals surface area (Å²) in [5.41, 5.74) is 0. The lowest BCUT2D eigenvalue weighted by atomic mass is 10.0. The molecule has 1 fully saturated rings. The average Bonchev–Trinajstić information content (AvgIpc) is 3.25. The Kier molecular flexibility index (Phi) is 3.54. The topological polar surface area (TPSA) is 57.7 Å². The first-order valence-electron chi connectivity index (χ1n) is 7.87. The van der Waals surface area contributed by atoms with E-state index in [2.05, 4.69) is 38.2 Å². The summed E-state index contributed by atoms with van der Waals surface area (Å²) in [5.74, 6) is 3.04. The number of nitrogens with one attached hydrogen (secondary N) is 1. The van der Waals surface area contributed by atoms with Gasteiger partial charge in [-0.15, -0.1) is 11.3 Å². The third-order valence-corrected chi connectivity index (χ3v) is 5.08. The molecule has 0 amide bonds. The number of aromatic amines is 1. The molecular weight excluding hydrogens is 294 g/mol. The normalized spacial score (nSPS) is 19.0. The smallest absolute Gasteiger partial charge is 0.141 e. The first-order chi connectivity index (χ1) is 10.9. The highest BCUT2D eigenvalue weighted by atomic mass is 32.1. The Bertz CT molecular complexity index is 764. The molecule has 0 spiro atoms. The van der Waals surface area contributed by atoms with Crippen LogP contribution in [0.3, 0.4) is 0 Å². The van der Waals surface area contributed by atoms with Gasteiger partial charge in [-0.05, 0) is 30.7 Å². The molecule has 0 radical (unpaired) electrons. The highest BCUT2D eigenvalue weighted by Crippen LogP contribution is 2.37. The lowest BCUT2D eigenvalue weighted by molar-refractivity contribution is 0.456. The van der Waals surface area contributed by atoms with Crippen LogP contribution in [0.25, 0.3) is 10.2 Å². The Balaban J connectivity index is 1.83. The van der Waals surface area contributed by atoms with E-state index in [4.69, 9.17) is 4.98 Å². The van der Waals surface area contributed by atoms with Crippen LogP contribution < -0.4 is 4.90 Å². The molecule has 1 aliphatic heterocycles. The minimum absolute atomic E-state index is 0.284. The van der Waals surface area contributed by atoms with Crippen molar-refractivity contribution in [2.45, 2.75) is 38.6 Å². The van der Waals surface area contributed by atoms with Gasteiger partial charge in [-0.3, -0.25) is 0 Å². The second-order valence-corrected chi connectivity index (χ2v) is 6.53. The van der Waals surface area contributed by atoms with E-state index in [9.17, 15) is 0 Å². The van der Waals surface area contributed by atoms with Gasteiger partial charge >= 0.3 is 0 Å². The maximum absolute atomic E-state index is 4.86. The number of nitrogens with zero attached hydrogens (tertiary/aromatic N) is 4. The standard InChI is InChI=1S/C16H19N5S/c1-2-13-19-15(11-6-10-22-16(11)20-13)21-9-4-3-5-12(21)14-17-7-8-18-14/h6-8,10,12H,2-5,9H2,1H3,(H,17,18). The van der Waals surface area contributed by atoms with Gasteiger partial charge in [0.2, 0.25) is 0 Å². The zero-order chi connectivity index (χ0) is 14.9. The number of rotatable bonds is 3. The molecule has 1 saturated heterocycles. The van der Waals surface area contributed by atoms with E-state index in [1.165, 1.54) is 18.2 Å². The summed E-state index contributed by atoms with van der Waals surface area (Å²) in [6.45, 7) is 3.13. The van der Waals surface area contributed by atoms with Crippen LogP contribution in [-0.4, -0.2) is 26.5 Å². The molecule has 0 aromatic carbocycles. The number of thiophene rings is 1. The number of H-pyrrole nitrogens is 1. The summed E-state index contributed by atoms with van der Waals surface area (Å²) < 4.78 is 0. The molecule has 1 unspecified atom stereocenters. The van der Waals surface area contributed by atoms with Crippen molar-refractivity contribution in [1.29, 1.82) is 0 Å². The van der Waals surface area contributed by atoms with E-state index in [1.54, 1.807) is 11.3 Å². The van der Waals surface area contributed by atoms with Gasteiger partial charge in [0, 0.05) is 25.4 Å². The van der Waals surface area contributed by atoms with Crippen molar-refractivity contribution in [3.8, 4) is 0 Å². The molecular formula is C16H19N5S. The number of piperidine rings is 1. The fraction of sp³-hybridized carbons (Fsp3) is 0.438. The van der Waals surface area contributed by atoms with Crippen molar-refractivity contribution in [1.82, 2.24) is 19.9 Å². The molecule has 6 heteroatoms. The van der Waals surface area contributed by atoms with Crippen LogP contribution in [0, 0.1) is 0 Å². The van der Waals surface area contributed by atoms with Crippen LogP contribution in [0.5, 0.6) is 0 Å². The highest BCUT2D eigenvalue weighted by molar-refractivity contribution is 7.16.